The second-order valence-corrected chi connectivity index (χ2v) is 6.45. The largest absolute Gasteiger partial charge is 0.353 e. The highest BCUT2D eigenvalue weighted by Crippen LogP contribution is 2.32. The zero-order chi connectivity index (χ0) is 12.7. The van der Waals surface area contributed by atoms with Gasteiger partial charge in [0.25, 0.3) is 0 Å². The van der Waals surface area contributed by atoms with E-state index in [1.165, 1.54) is 32.4 Å². The molecule has 0 aromatic carbocycles. The van der Waals surface area contributed by atoms with Crippen molar-refractivity contribution < 1.29 is 0 Å². The maximum Gasteiger partial charge on any atom is 0.191 e. The molecule has 1 saturated heterocycles. The summed E-state index contributed by atoms with van der Waals surface area (Å²) in [5.74, 6) is 2.53. The third-order valence-electron chi connectivity index (χ3n) is 4.68. The van der Waals surface area contributed by atoms with Gasteiger partial charge in [-0.25, -0.2) is 0 Å². The molecule has 18 heavy (non-hydrogen) atoms. The number of nitrogens with zero attached hydrogens (tertiary/aromatic N) is 2. The van der Waals surface area contributed by atoms with Crippen molar-refractivity contribution in [2.75, 3.05) is 20.1 Å². The first kappa shape index (κ1) is 12.3. The topological polar surface area (TPSA) is 39.7 Å². The second kappa shape index (κ2) is 4.72. The van der Waals surface area contributed by atoms with Crippen LogP contribution in [0.25, 0.3) is 0 Å². The number of hydrogen-bond donors (Lipinski definition) is 2. The van der Waals surface area contributed by atoms with E-state index in [9.17, 15) is 0 Å². The minimum absolute atomic E-state index is 0.561. The van der Waals surface area contributed by atoms with Gasteiger partial charge in [0.1, 0.15) is 0 Å². The first-order valence-corrected chi connectivity index (χ1v) is 7.41. The molecule has 3 aliphatic rings. The van der Waals surface area contributed by atoms with Crippen LogP contribution in [0.2, 0.25) is 0 Å². The van der Waals surface area contributed by atoms with Gasteiger partial charge in [-0.3, -0.25) is 9.89 Å². The fourth-order valence-corrected chi connectivity index (χ4v) is 2.98. The highest BCUT2D eigenvalue weighted by Gasteiger charge is 2.39. The number of aliphatic imine (C=N–C) groups is 1. The van der Waals surface area contributed by atoms with E-state index >= 15 is 0 Å². The first-order valence-electron chi connectivity index (χ1n) is 7.41. The fourth-order valence-electron chi connectivity index (χ4n) is 2.98. The number of rotatable bonds is 3. The molecular formula is C14H26N4. The number of likely N-dealkylation sites (tertiary alicyclic amines) is 1. The molecule has 4 unspecified atom stereocenters. The predicted octanol–water partition coefficient (Wildman–Crippen LogP) is 1.04. The Kier molecular flexibility index (Phi) is 3.22. The Bertz CT molecular complexity index is 337. The van der Waals surface area contributed by atoms with Gasteiger partial charge in [0.05, 0.1) is 0 Å². The minimum Gasteiger partial charge on any atom is -0.353 e. The molecule has 0 amide bonds. The summed E-state index contributed by atoms with van der Waals surface area (Å²) >= 11 is 0. The van der Waals surface area contributed by atoms with Crippen molar-refractivity contribution in [1.29, 1.82) is 0 Å². The zero-order valence-electron chi connectivity index (χ0n) is 11.8. The Morgan fingerprint density at radius 3 is 2.28 bits per heavy atom. The molecule has 0 bridgehead atoms. The molecule has 3 rings (SSSR count). The van der Waals surface area contributed by atoms with Crippen molar-refractivity contribution in [2.45, 2.75) is 51.2 Å². The number of guanidine groups is 1. The SMILES string of the molecule is CN=C(NC1CC1C)NC1CN(C2CC2)CC1C. The maximum absolute atomic E-state index is 4.36. The van der Waals surface area contributed by atoms with Crippen LogP contribution < -0.4 is 10.6 Å². The molecule has 0 aromatic rings. The van der Waals surface area contributed by atoms with Crippen LogP contribution in [-0.4, -0.2) is 49.1 Å². The summed E-state index contributed by atoms with van der Waals surface area (Å²) in [4.78, 5) is 7.01. The summed E-state index contributed by atoms with van der Waals surface area (Å²) in [5.41, 5.74) is 0. The summed E-state index contributed by atoms with van der Waals surface area (Å²) in [7, 11) is 1.88. The van der Waals surface area contributed by atoms with Gasteiger partial charge in [0.2, 0.25) is 0 Å². The molecule has 1 aliphatic heterocycles. The fraction of sp³-hybridized carbons (Fsp3) is 0.929. The lowest BCUT2D eigenvalue weighted by atomic mass is 10.1. The highest BCUT2D eigenvalue weighted by molar-refractivity contribution is 5.80. The third-order valence-corrected chi connectivity index (χ3v) is 4.68. The van der Waals surface area contributed by atoms with Gasteiger partial charge in [-0.15, -0.1) is 0 Å². The Morgan fingerprint density at radius 2 is 1.72 bits per heavy atom. The van der Waals surface area contributed by atoms with E-state index in [0.717, 1.165) is 23.8 Å². The second-order valence-electron chi connectivity index (χ2n) is 6.45. The van der Waals surface area contributed by atoms with E-state index in [-0.39, 0.29) is 0 Å². The monoisotopic (exact) mass is 250 g/mol. The summed E-state index contributed by atoms with van der Waals surface area (Å²) in [6, 6.07) is 2.09. The van der Waals surface area contributed by atoms with Crippen molar-refractivity contribution in [3.05, 3.63) is 0 Å². The van der Waals surface area contributed by atoms with Gasteiger partial charge in [-0.05, 0) is 31.1 Å². The lowest BCUT2D eigenvalue weighted by Crippen LogP contribution is -2.47. The van der Waals surface area contributed by atoms with Gasteiger partial charge in [0, 0.05) is 38.3 Å². The van der Waals surface area contributed by atoms with E-state index < -0.39 is 0 Å². The summed E-state index contributed by atoms with van der Waals surface area (Å²) < 4.78 is 0. The molecule has 0 spiro atoms. The average Bonchev–Trinajstić information content (AvgIpc) is 3.24. The lowest BCUT2D eigenvalue weighted by molar-refractivity contribution is 0.315. The summed E-state index contributed by atoms with van der Waals surface area (Å²) in [5, 5.41) is 7.14. The Balaban J connectivity index is 1.51. The lowest BCUT2D eigenvalue weighted by Gasteiger charge is -2.20. The normalized spacial score (nSPS) is 40.9. The standard InChI is InChI=1S/C14H26N4/c1-9-6-12(9)16-14(15-3)17-13-8-18(7-10(13)2)11-4-5-11/h9-13H,4-8H2,1-3H3,(H2,15,16,17). The van der Waals surface area contributed by atoms with Crippen LogP contribution in [0.3, 0.4) is 0 Å². The molecule has 0 aromatic heterocycles. The van der Waals surface area contributed by atoms with E-state index in [1.54, 1.807) is 0 Å². The van der Waals surface area contributed by atoms with E-state index in [0.29, 0.717) is 12.1 Å². The van der Waals surface area contributed by atoms with Gasteiger partial charge in [0.15, 0.2) is 5.96 Å². The van der Waals surface area contributed by atoms with Crippen LogP contribution in [0, 0.1) is 11.8 Å². The van der Waals surface area contributed by atoms with Crippen LogP contribution in [-0.2, 0) is 0 Å². The van der Waals surface area contributed by atoms with E-state index in [1.807, 2.05) is 7.05 Å². The highest BCUT2D eigenvalue weighted by atomic mass is 15.3. The van der Waals surface area contributed by atoms with Gasteiger partial charge < -0.3 is 10.6 Å². The Morgan fingerprint density at radius 1 is 1.06 bits per heavy atom. The Hall–Kier alpha value is -0.770. The van der Waals surface area contributed by atoms with Crippen molar-refractivity contribution in [3.63, 3.8) is 0 Å². The summed E-state index contributed by atoms with van der Waals surface area (Å²) in [6.07, 6.45) is 4.10. The number of hydrogen-bond acceptors (Lipinski definition) is 2. The molecule has 102 valence electrons. The van der Waals surface area contributed by atoms with E-state index in [2.05, 4.69) is 34.4 Å². The average molecular weight is 250 g/mol. The van der Waals surface area contributed by atoms with Crippen LogP contribution >= 0.6 is 0 Å². The molecule has 0 radical (unpaired) electrons. The first-order chi connectivity index (χ1) is 8.67. The van der Waals surface area contributed by atoms with Crippen molar-refractivity contribution >= 4 is 5.96 Å². The van der Waals surface area contributed by atoms with Gasteiger partial charge in [-0.1, -0.05) is 13.8 Å². The minimum atomic E-state index is 0.561. The predicted molar refractivity (Wildman–Crippen MR) is 74.7 cm³/mol. The Labute approximate surface area is 110 Å². The molecule has 1 heterocycles. The molecule has 2 aliphatic carbocycles. The summed E-state index contributed by atoms with van der Waals surface area (Å²) in [6.45, 7) is 7.08. The van der Waals surface area contributed by atoms with Crippen LogP contribution in [0.15, 0.2) is 4.99 Å². The molecule has 4 atom stereocenters. The van der Waals surface area contributed by atoms with Gasteiger partial charge in [-0.2, -0.15) is 0 Å². The van der Waals surface area contributed by atoms with Crippen molar-refractivity contribution in [2.24, 2.45) is 16.8 Å². The smallest absolute Gasteiger partial charge is 0.191 e. The van der Waals surface area contributed by atoms with Crippen LogP contribution in [0.4, 0.5) is 0 Å². The van der Waals surface area contributed by atoms with Crippen LogP contribution in [0.1, 0.15) is 33.1 Å². The molecule has 3 fully saturated rings. The molecular weight excluding hydrogens is 224 g/mol. The molecule has 2 N–H and O–H groups in total. The van der Waals surface area contributed by atoms with E-state index in [4.69, 9.17) is 0 Å². The van der Waals surface area contributed by atoms with Crippen LogP contribution in [0.5, 0.6) is 0 Å². The third kappa shape index (κ3) is 2.63. The van der Waals surface area contributed by atoms with Crippen molar-refractivity contribution in [1.82, 2.24) is 15.5 Å². The zero-order valence-corrected chi connectivity index (χ0v) is 11.8. The quantitative estimate of drug-likeness (QED) is 0.581. The van der Waals surface area contributed by atoms with Gasteiger partial charge >= 0.3 is 0 Å². The number of nitrogens with one attached hydrogen (secondary N) is 2. The maximum atomic E-state index is 4.36. The molecule has 2 saturated carbocycles. The van der Waals surface area contributed by atoms with Crippen molar-refractivity contribution in [3.8, 4) is 0 Å². The molecule has 4 nitrogen and oxygen atoms in total. The molecule has 4 heteroatoms.